The van der Waals surface area contributed by atoms with Crippen LogP contribution in [0.15, 0.2) is 12.2 Å². The molecular weight excluding hydrogens is 248 g/mol. The molecular formula is C13H18N2O4. The van der Waals surface area contributed by atoms with Gasteiger partial charge in [-0.15, -0.1) is 0 Å². The molecule has 2 unspecified atom stereocenters. The van der Waals surface area contributed by atoms with Crippen LogP contribution >= 0.6 is 0 Å². The van der Waals surface area contributed by atoms with Gasteiger partial charge < -0.3 is 15.7 Å². The SMILES string of the molecule is CC(=O)NCCNC(=O)[C@H]1C2C=CC(C2)[C@H]1C(=O)O. The first-order valence-corrected chi connectivity index (χ1v) is 6.44. The zero-order valence-corrected chi connectivity index (χ0v) is 10.8. The molecule has 0 aromatic heterocycles. The number of nitrogens with one attached hydrogen (secondary N) is 2. The third-order valence-electron chi connectivity index (χ3n) is 3.85. The summed E-state index contributed by atoms with van der Waals surface area (Å²) in [6, 6.07) is 0. The van der Waals surface area contributed by atoms with Crippen LogP contribution in [0.2, 0.25) is 0 Å². The van der Waals surface area contributed by atoms with E-state index in [-0.39, 0.29) is 23.7 Å². The zero-order chi connectivity index (χ0) is 14.0. The summed E-state index contributed by atoms with van der Waals surface area (Å²) in [6.07, 6.45) is 4.60. The van der Waals surface area contributed by atoms with E-state index in [4.69, 9.17) is 0 Å². The van der Waals surface area contributed by atoms with Crippen molar-refractivity contribution in [3.05, 3.63) is 12.2 Å². The van der Waals surface area contributed by atoms with Gasteiger partial charge in [-0.05, 0) is 18.3 Å². The monoisotopic (exact) mass is 266 g/mol. The van der Waals surface area contributed by atoms with Gasteiger partial charge in [0.15, 0.2) is 0 Å². The highest BCUT2D eigenvalue weighted by molar-refractivity contribution is 5.86. The number of carboxylic acid groups (broad SMARTS) is 1. The number of carboxylic acids is 1. The molecule has 104 valence electrons. The highest BCUT2D eigenvalue weighted by Gasteiger charge is 2.51. The maximum Gasteiger partial charge on any atom is 0.307 e. The van der Waals surface area contributed by atoms with Gasteiger partial charge in [0.1, 0.15) is 0 Å². The lowest BCUT2D eigenvalue weighted by molar-refractivity contribution is -0.147. The Balaban J connectivity index is 1.89. The van der Waals surface area contributed by atoms with Crippen molar-refractivity contribution in [2.75, 3.05) is 13.1 Å². The van der Waals surface area contributed by atoms with Crippen LogP contribution in [0.5, 0.6) is 0 Å². The van der Waals surface area contributed by atoms with Crippen molar-refractivity contribution in [2.45, 2.75) is 13.3 Å². The maximum absolute atomic E-state index is 12.1. The summed E-state index contributed by atoms with van der Waals surface area (Å²) in [7, 11) is 0. The first-order chi connectivity index (χ1) is 9.00. The minimum absolute atomic E-state index is 0.0198. The third kappa shape index (κ3) is 2.77. The molecule has 6 heteroatoms. The molecule has 0 aromatic carbocycles. The largest absolute Gasteiger partial charge is 0.481 e. The number of carbonyl (C=O) groups is 3. The van der Waals surface area contributed by atoms with Crippen LogP contribution in [0, 0.1) is 23.7 Å². The lowest BCUT2D eigenvalue weighted by atomic mass is 9.82. The number of rotatable bonds is 5. The van der Waals surface area contributed by atoms with Crippen molar-refractivity contribution in [3.8, 4) is 0 Å². The normalized spacial score (nSPS) is 31.2. The maximum atomic E-state index is 12.1. The van der Waals surface area contributed by atoms with Crippen molar-refractivity contribution in [1.82, 2.24) is 10.6 Å². The Labute approximate surface area is 111 Å². The first-order valence-electron chi connectivity index (χ1n) is 6.44. The molecule has 2 amide bonds. The van der Waals surface area contributed by atoms with Crippen molar-refractivity contribution in [1.29, 1.82) is 0 Å². The van der Waals surface area contributed by atoms with Crippen molar-refractivity contribution in [2.24, 2.45) is 23.7 Å². The molecule has 1 fully saturated rings. The number of hydrogen-bond donors (Lipinski definition) is 3. The average Bonchev–Trinajstić information content (AvgIpc) is 2.93. The Morgan fingerprint density at radius 3 is 2.26 bits per heavy atom. The molecule has 3 N–H and O–H groups in total. The summed E-state index contributed by atoms with van der Waals surface area (Å²) in [4.78, 5) is 34.0. The molecule has 0 aliphatic heterocycles. The molecule has 4 atom stereocenters. The van der Waals surface area contributed by atoms with Gasteiger partial charge in [-0.2, -0.15) is 0 Å². The van der Waals surface area contributed by atoms with Gasteiger partial charge in [0, 0.05) is 20.0 Å². The van der Waals surface area contributed by atoms with Crippen LogP contribution in [-0.2, 0) is 14.4 Å². The van der Waals surface area contributed by atoms with Gasteiger partial charge in [-0.25, -0.2) is 0 Å². The van der Waals surface area contributed by atoms with E-state index in [1.165, 1.54) is 6.92 Å². The van der Waals surface area contributed by atoms with Crippen molar-refractivity contribution < 1.29 is 19.5 Å². The van der Waals surface area contributed by atoms with E-state index in [0.29, 0.717) is 13.1 Å². The number of carbonyl (C=O) groups excluding carboxylic acids is 2. The fourth-order valence-corrected chi connectivity index (χ4v) is 3.06. The summed E-state index contributed by atoms with van der Waals surface area (Å²) in [5, 5.41) is 14.5. The number of fused-ring (bicyclic) bond motifs is 2. The van der Waals surface area contributed by atoms with E-state index >= 15 is 0 Å². The van der Waals surface area contributed by atoms with Gasteiger partial charge in [0.2, 0.25) is 11.8 Å². The molecule has 0 radical (unpaired) electrons. The lowest BCUT2D eigenvalue weighted by Gasteiger charge is -2.23. The minimum atomic E-state index is -0.904. The second-order valence-electron chi connectivity index (χ2n) is 5.11. The molecule has 1 saturated carbocycles. The molecule has 0 heterocycles. The van der Waals surface area contributed by atoms with Crippen LogP contribution in [-0.4, -0.2) is 36.0 Å². The summed E-state index contributed by atoms with van der Waals surface area (Å²) >= 11 is 0. The molecule has 2 rings (SSSR count). The second-order valence-corrected chi connectivity index (χ2v) is 5.11. The predicted octanol–water partition coefficient (Wildman–Crippen LogP) is -0.238. The van der Waals surface area contributed by atoms with E-state index in [2.05, 4.69) is 10.6 Å². The average molecular weight is 266 g/mol. The summed E-state index contributed by atoms with van der Waals surface area (Å²) in [5.41, 5.74) is 0. The fraction of sp³-hybridized carbons (Fsp3) is 0.615. The molecule has 6 nitrogen and oxygen atoms in total. The number of amides is 2. The highest BCUT2D eigenvalue weighted by Crippen LogP contribution is 2.48. The topological polar surface area (TPSA) is 95.5 Å². The standard InChI is InChI=1S/C13H18N2O4/c1-7(16)14-4-5-15-12(17)10-8-2-3-9(6-8)11(10)13(18)19/h2-3,8-11H,4-6H2,1H3,(H,14,16)(H,15,17)(H,18,19)/t8?,9?,10-,11+/m0/s1. The van der Waals surface area contributed by atoms with E-state index in [1.807, 2.05) is 12.2 Å². The van der Waals surface area contributed by atoms with Crippen LogP contribution in [0.4, 0.5) is 0 Å². The highest BCUT2D eigenvalue weighted by atomic mass is 16.4. The van der Waals surface area contributed by atoms with Gasteiger partial charge in [0.25, 0.3) is 0 Å². The van der Waals surface area contributed by atoms with Crippen molar-refractivity contribution >= 4 is 17.8 Å². The Morgan fingerprint density at radius 2 is 1.68 bits per heavy atom. The molecule has 0 saturated heterocycles. The van der Waals surface area contributed by atoms with Crippen molar-refractivity contribution in [3.63, 3.8) is 0 Å². The van der Waals surface area contributed by atoms with Gasteiger partial charge in [-0.1, -0.05) is 12.2 Å². The van der Waals surface area contributed by atoms with Crippen LogP contribution in [0.1, 0.15) is 13.3 Å². The van der Waals surface area contributed by atoms with Crippen LogP contribution < -0.4 is 10.6 Å². The fourth-order valence-electron chi connectivity index (χ4n) is 3.06. The van der Waals surface area contributed by atoms with Gasteiger partial charge in [0.05, 0.1) is 11.8 Å². The van der Waals surface area contributed by atoms with Crippen LogP contribution in [0.3, 0.4) is 0 Å². The Bertz CT molecular complexity index is 432. The Morgan fingerprint density at radius 1 is 1.11 bits per heavy atom. The number of hydrogen-bond acceptors (Lipinski definition) is 3. The van der Waals surface area contributed by atoms with E-state index in [1.54, 1.807) is 0 Å². The molecule has 19 heavy (non-hydrogen) atoms. The number of allylic oxidation sites excluding steroid dienone is 2. The van der Waals surface area contributed by atoms with Gasteiger partial charge >= 0.3 is 5.97 Å². The smallest absolute Gasteiger partial charge is 0.307 e. The zero-order valence-electron chi connectivity index (χ0n) is 10.8. The minimum Gasteiger partial charge on any atom is -0.481 e. The molecule has 0 aromatic rings. The van der Waals surface area contributed by atoms with E-state index in [9.17, 15) is 19.5 Å². The summed E-state index contributed by atoms with van der Waals surface area (Å²) in [6.45, 7) is 2.08. The lowest BCUT2D eigenvalue weighted by Crippen LogP contribution is -2.42. The van der Waals surface area contributed by atoms with E-state index < -0.39 is 17.8 Å². The third-order valence-corrected chi connectivity index (χ3v) is 3.85. The quantitative estimate of drug-likeness (QED) is 0.473. The molecule has 2 bridgehead atoms. The van der Waals surface area contributed by atoms with Gasteiger partial charge in [-0.3, -0.25) is 14.4 Å². The summed E-state index contributed by atoms with van der Waals surface area (Å²) < 4.78 is 0. The summed E-state index contributed by atoms with van der Waals surface area (Å²) in [5.74, 6) is -2.37. The van der Waals surface area contributed by atoms with Crippen LogP contribution in [0.25, 0.3) is 0 Å². The second kappa shape index (κ2) is 5.42. The first kappa shape index (κ1) is 13.6. The Kier molecular flexibility index (Phi) is 3.87. The Hall–Kier alpha value is -1.85. The molecule has 2 aliphatic rings. The predicted molar refractivity (Wildman–Crippen MR) is 67.0 cm³/mol. The van der Waals surface area contributed by atoms with E-state index in [0.717, 1.165) is 6.42 Å². The number of aliphatic carboxylic acids is 1. The molecule has 2 aliphatic carbocycles. The molecule has 0 spiro atoms.